The third kappa shape index (κ3) is 6.00. The van der Waals surface area contributed by atoms with Crippen LogP contribution < -0.4 is 10.1 Å². The maximum atomic E-state index is 5.95. The minimum Gasteiger partial charge on any atom is -0.491 e. The highest BCUT2D eigenvalue weighted by atomic mass is 16.5. The van der Waals surface area contributed by atoms with Gasteiger partial charge in [-0.15, -0.1) is 0 Å². The molecule has 25 heavy (non-hydrogen) atoms. The Morgan fingerprint density at radius 1 is 1.12 bits per heavy atom. The Kier molecular flexibility index (Phi) is 6.93. The van der Waals surface area contributed by atoms with Gasteiger partial charge in [0, 0.05) is 13.2 Å². The number of rotatable bonds is 8. The molecular formula is C22H37NO2. The van der Waals surface area contributed by atoms with E-state index in [2.05, 4.69) is 71.1 Å². The molecule has 1 N–H and O–H groups in total. The second-order valence-electron chi connectivity index (χ2n) is 8.79. The zero-order valence-electron chi connectivity index (χ0n) is 17.0. The van der Waals surface area contributed by atoms with E-state index in [9.17, 15) is 0 Å². The van der Waals surface area contributed by atoms with Crippen LogP contribution >= 0.6 is 0 Å². The van der Waals surface area contributed by atoms with Crippen molar-refractivity contribution in [3.63, 3.8) is 0 Å². The molecule has 1 heterocycles. The summed E-state index contributed by atoms with van der Waals surface area (Å²) in [5, 5.41) is 3.63. The van der Waals surface area contributed by atoms with Crippen molar-refractivity contribution in [1.82, 2.24) is 5.32 Å². The van der Waals surface area contributed by atoms with Crippen LogP contribution in [0.3, 0.4) is 0 Å². The number of hydrogen-bond acceptors (Lipinski definition) is 3. The van der Waals surface area contributed by atoms with E-state index >= 15 is 0 Å². The van der Waals surface area contributed by atoms with Gasteiger partial charge in [-0.1, -0.05) is 26.0 Å². The van der Waals surface area contributed by atoms with Crippen molar-refractivity contribution in [3.05, 3.63) is 29.8 Å². The summed E-state index contributed by atoms with van der Waals surface area (Å²) >= 11 is 0. The van der Waals surface area contributed by atoms with Crippen molar-refractivity contribution in [1.29, 1.82) is 0 Å². The molecular weight excluding hydrogens is 310 g/mol. The lowest BCUT2D eigenvalue weighted by Gasteiger charge is -2.48. The average Bonchev–Trinajstić information content (AvgIpc) is 2.51. The molecule has 0 saturated carbocycles. The Labute approximate surface area is 154 Å². The van der Waals surface area contributed by atoms with E-state index in [1.54, 1.807) is 0 Å². The maximum absolute atomic E-state index is 5.95. The van der Waals surface area contributed by atoms with Crippen LogP contribution in [-0.2, 0) is 11.3 Å². The topological polar surface area (TPSA) is 30.5 Å². The first kappa shape index (κ1) is 20.3. The molecule has 0 unspecified atom stereocenters. The fraction of sp³-hybridized carbons (Fsp3) is 0.727. The van der Waals surface area contributed by atoms with E-state index in [4.69, 9.17) is 9.47 Å². The lowest BCUT2D eigenvalue weighted by atomic mass is 9.65. The molecule has 1 aromatic carbocycles. The lowest BCUT2D eigenvalue weighted by molar-refractivity contribution is -0.121. The predicted octanol–water partition coefficient (Wildman–Crippen LogP) is 5.18. The van der Waals surface area contributed by atoms with Crippen molar-refractivity contribution >= 4 is 0 Å². The molecule has 3 heteroatoms. The monoisotopic (exact) mass is 347 g/mol. The van der Waals surface area contributed by atoms with Gasteiger partial charge in [0.15, 0.2) is 0 Å². The molecule has 0 aromatic heterocycles. The Hall–Kier alpha value is -1.06. The number of benzene rings is 1. The van der Waals surface area contributed by atoms with Gasteiger partial charge in [-0.2, -0.15) is 0 Å². The molecule has 1 aliphatic rings. The summed E-state index contributed by atoms with van der Waals surface area (Å²) in [6, 6.07) is 8.43. The van der Waals surface area contributed by atoms with Gasteiger partial charge < -0.3 is 14.8 Å². The Bertz CT molecular complexity index is 521. The molecule has 1 aromatic rings. The highest BCUT2D eigenvalue weighted by molar-refractivity contribution is 5.27. The van der Waals surface area contributed by atoms with E-state index in [0.717, 1.165) is 31.9 Å². The summed E-state index contributed by atoms with van der Waals surface area (Å²) in [4.78, 5) is 0. The molecule has 0 radical (unpaired) electrons. The third-order valence-corrected chi connectivity index (χ3v) is 5.52. The average molecular weight is 348 g/mol. The van der Waals surface area contributed by atoms with Crippen molar-refractivity contribution in [3.8, 4) is 5.75 Å². The van der Waals surface area contributed by atoms with Crippen LogP contribution in [0.2, 0.25) is 0 Å². The van der Waals surface area contributed by atoms with Gasteiger partial charge in [0.05, 0.1) is 11.7 Å². The van der Waals surface area contributed by atoms with Gasteiger partial charge >= 0.3 is 0 Å². The Morgan fingerprint density at radius 2 is 1.80 bits per heavy atom. The van der Waals surface area contributed by atoms with Crippen LogP contribution in [-0.4, -0.2) is 24.9 Å². The summed E-state index contributed by atoms with van der Waals surface area (Å²) in [6.45, 7) is 16.2. The van der Waals surface area contributed by atoms with Gasteiger partial charge in [-0.3, -0.25) is 0 Å². The van der Waals surface area contributed by atoms with Crippen LogP contribution in [0.15, 0.2) is 24.3 Å². The molecule has 3 nitrogen and oxygen atoms in total. The van der Waals surface area contributed by atoms with E-state index in [1.165, 1.54) is 18.4 Å². The minimum absolute atomic E-state index is 0.00870. The van der Waals surface area contributed by atoms with Gasteiger partial charge in [0.1, 0.15) is 5.75 Å². The molecule has 0 bridgehead atoms. The summed E-state index contributed by atoms with van der Waals surface area (Å²) < 4.78 is 11.7. The number of ether oxygens (including phenoxy) is 2. The van der Waals surface area contributed by atoms with Crippen molar-refractivity contribution in [2.45, 2.75) is 79.1 Å². The number of nitrogens with one attached hydrogen (secondary N) is 1. The second-order valence-corrected chi connectivity index (χ2v) is 8.79. The highest BCUT2D eigenvalue weighted by Crippen LogP contribution is 2.46. The molecule has 1 atom stereocenters. The molecule has 2 rings (SSSR count). The first-order chi connectivity index (χ1) is 11.7. The highest BCUT2D eigenvalue weighted by Gasteiger charge is 2.42. The lowest BCUT2D eigenvalue weighted by Crippen LogP contribution is -2.45. The summed E-state index contributed by atoms with van der Waals surface area (Å²) in [6.07, 6.45) is 3.77. The molecule has 1 saturated heterocycles. The smallest absolute Gasteiger partial charge is 0.119 e. The van der Waals surface area contributed by atoms with E-state index in [-0.39, 0.29) is 11.7 Å². The summed E-state index contributed by atoms with van der Waals surface area (Å²) in [5.74, 6) is 1.63. The van der Waals surface area contributed by atoms with Crippen LogP contribution in [0.25, 0.3) is 0 Å². The largest absolute Gasteiger partial charge is 0.491 e. The molecule has 142 valence electrons. The van der Waals surface area contributed by atoms with Gasteiger partial charge in [-0.05, 0) is 82.5 Å². The third-order valence-electron chi connectivity index (χ3n) is 5.52. The standard InChI is InChI=1S/C22H37NO2/c1-17(2)22(12-14-24-21(5,6)16-22)11-13-23-15-19-7-9-20(10-8-19)25-18(3)4/h7-10,17-18,23H,11-16H2,1-6H3/t22-/m0/s1. The fourth-order valence-corrected chi connectivity index (χ4v) is 4.04. The van der Waals surface area contributed by atoms with Crippen molar-refractivity contribution in [2.75, 3.05) is 13.2 Å². The van der Waals surface area contributed by atoms with Crippen molar-refractivity contribution in [2.24, 2.45) is 11.3 Å². The predicted molar refractivity (Wildman–Crippen MR) is 105 cm³/mol. The van der Waals surface area contributed by atoms with E-state index in [0.29, 0.717) is 11.3 Å². The van der Waals surface area contributed by atoms with Crippen LogP contribution in [0.4, 0.5) is 0 Å². The fourth-order valence-electron chi connectivity index (χ4n) is 4.04. The molecule has 1 fully saturated rings. The van der Waals surface area contributed by atoms with Crippen LogP contribution in [0.1, 0.15) is 66.4 Å². The summed E-state index contributed by atoms with van der Waals surface area (Å²) in [7, 11) is 0. The zero-order valence-corrected chi connectivity index (χ0v) is 17.0. The summed E-state index contributed by atoms with van der Waals surface area (Å²) in [5.41, 5.74) is 1.71. The molecule has 0 amide bonds. The quantitative estimate of drug-likeness (QED) is 0.657. The first-order valence-electron chi connectivity index (χ1n) is 9.83. The van der Waals surface area contributed by atoms with Crippen molar-refractivity contribution < 1.29 is 9.47 Å². The molecule has 1 aliphatic heterocycles. The Balaban J connectivity index is 1.82. The van der Waals surface area contributed by atoms with E-state index < -0.39 is 0 Å². The van der Waals surface area contributed by atoms with E-state index in [1.807, 2.05) is 0 Å². The molecule has 0 aliphatic carbocycles. The number of hydrogen-bond donors (Lipinski definition) is 1. The van der Waals surface area contributed by atoms with Crippen LogP contribution in [0, 0.1) is 11.3 Å². The van der Waals surface area contributed by atoms with Gasteiger partial charge in [-0.25, -0.2) is 0 Å². The molecule has 0 spiro atoms. The maximum Gasteiger partial charge on any atom is 0.119 e. The van der Waals surface area contributed by atoms with Crippen LogP contribution in [0.5, 0.6) is 5.75 Å². The van der Waals surface area contributed by atoms with Gasteiger partial charge in [0.25, 0.3) is 0 Å². The normalized spacial score (nSPS) is 23.2. The minimum atomic E-state index is 0.00870. The second kappa shape index (κ2) is 8.55. The Morgan fingerprint density at radius 3 is 2.36 bits per heavy atom. The van der Waals surface area contributed by atoms with Gasteiger partial charge in [0.2, 0.25) is 0 Å². The zero-order chi connectivity index (χ0) is 18.5. The first-order valence-corrected chi connectivity index (χ1v) is 9.83. The SMILES string of the molecule is CC(C)Oc1ccc(CNCC[C@]2(C(C)C)CCOC(C)(C)C2)cc1.